The molecule has 30 heavy (non-hydrogen) atoms. The summed E-state index contributed by atoms with van der Waals surface area (Å²) < 4.78 is 32.4. The molecule has 0 aliphatic heterocycles. The summed E-state index contributed by atoms with van der Waals surface area (Å²) >= 11 is 0. The lowest BCUT2D eigenvalue weighted by Crippen LogP contribution is -2.50. The molecule has 0 aromatic heterocycles. The third-order valence-electron chi connectivity index (χ3n) is 4.67. The summed E-state index contributed by atoms with van der Waals surface area (Å²) in [6.45, 7) is 4.05. The van der Waals surface area contributed by atoms with E-state index in [4.69, 9.17) is 4.74 Å². The summed E-state index contributed by atoms with van der Waals surface area (Å²) in [4.78, 5) is 27.1. The molecule has 162 valence electrons. The first-order valence-corrected chi connectivity index (χ1v) is 10.1. The third kappa shape index (κ3) is 6.83. The molecule has 2 rings (SSSR count). The van der Waals surface area contributed by atoms with Gasteiger partial charge in [-0.15, -0.1) is 0 Å². The van der Waals surface area contributed by atoms with Gasteiger partial charge in [0.15, 0.2) is 18.2 Å². The number of nitrogens with one attached hydrogen (secondary N) is 1. The van der Waals surface area contributed by atoms with Crippen molar-refractivity contribution in [3.05, 3.63) is 65.7 Å². The first-order valence-electron chi connectivity index (χ1n) is 10.1. The molecule has 2 amide bonds. The van der Waals surface area contributed by atoms with Crippen LogP contribution >= 0.6 is 0 Å². The fourth-order valence-corrected chi connectivity index (χ4v) is 3.00. The van der Waals surface area contributed by atoms with E-state index in [0.29, 0.717) is 18.5 Å². The van der Waals surface area contributed by atoms with Crippen molar-refractivity contribution in [2.75, 3.05) is 13.2 Å². The summed E-state index contributed by atoms with van der Waals surface area (Å²) in [7, 11) is 0. The normalized spacial score (nSPS) is 11.6. The van der Waals surface area contributed by atoms with E-state index in [1.54, 1.807) is 18.2 Å². The maximum Gasteiger partial charge on any atom is 0.261 e. The lowest BCUT2D eigenvalue weighted by molar-refractivity contribution is -0.143. The van der Waals surface area contributed by atoms with Gasteiger partial charge in [0.2, 0.25) is 5.91 Å². The highest BCUT2D eigenvalue weighted by atomic mass is 19.1. The Hall–Kier alpha value is -2.96. The Bertz CT molecular complexity index is 827. The zero-order valence-corrected chi connectivity index (χ0v) is 17.4. The molecule has 0 fully saturated rings. The predicted octanol–water partition coefficient (Wildman–Crippen LogP) is 4.07. The van der Waals surface area contributed by atoms with Gasteiger partial charge < -0.3 is 15.0 Å². The number of carbonyl (C=O) groups excluding carboxylic acids is 2. The maximum atomic E-state index is 13.8. The Morgan fingerprint density at radius 3 is 2.40 bits per heavy atom. The van der Waals surface area contributed by atoms with Crippen molar-refractivity contribution in [2.45, 2.75) is 45.7 Å². The van der Waals surface area contributed by atoms with Crippen LogP contribution in [0.3, 0.4) is 0 Å². The number of halogens is 2. The second-order valence-corrected chi connectivity index (χ2v) is 6.94. The molecule has 0 heterocycles. The van der Waals surface area contributed by atoms with Gasteiger partial charge in [-0.25, -0.2) is 8.78 Å². The van der Waals surface area contributed by atoms with E-state index >= 15 is 0 Å². The monoisotopic (exact) mass is 418 g/mol. The smallest absolute Gasteiger partial charge is 0.261 e. The van der Waals surface area contributed by atoms with Gasteiger partial charge in [0.05, 0.1) is 0 Å². The number of para-hydroxylation sites is 1. The van der Waals surface area contributed by atoms with Crippen LogP contribution in [0.1, 0.15) is 38.7 Å². The number of amides is 2. The highest BCUT2D eigenvalue weighted by Crippen LogP contribution is 2.17. The van der Waals surface area contributed by atoms with Crippen LogP contribution in [-0.2, 0) is 16.1 Å². The Morgan fingerprint density at radius 1 is 1.07 bits per heavy atom. The molecular weight excluding hydrogens is 390 g/mol. The van der Waals surface area contributed by atoms with Crippen LogP contribution < -0.4 is 10.1 Å². The van der Waals surface area contributed by atoms with E-state index in [-0.39, 0.29) is 24.0 Å². The first kappa shape index (κ1) is 23.3. The topological polar surface area (TPSA) is 58.6 Å². The second-order valence-electron chi connectivity index (χ2n) is 6.94. The van der Waals surface area contributed by atoms with E-state index in [1.807, 2.05) is 13.8 Å². The molecule has 0 bridgehead atoms. The maximum absolute atomic E-state index is 13.8. The van der Waals surface area contributed by atoms with Crippen LogP contribution in [0.25, 0.3) is 0 Å². The van der Waals surface area contributed by atoms with Crippen molar-refractivity contribution in [2.24, 2.45) is 0 Å². The number of ether oxygens (including phenoxy) is 1. The molecule has 0 aliphatic carbocycles. The number of unbranched alkanes of at least 4 members (excludes halogenated alkanes) is 1. The number of nitrogens with zero attached hydrogens (tertiary/aromatic N) is 1. The van der Waals surface area contributed by atoms with Gasteiger partial charge in [-0.2, -0.15) is 0 Å². The predicted molar refractivity (Wildman–Crippen MR) is 111 cm³/mol. The number of hydrogen-bond acceptors (Lipinski definition) is 3. The fraction of sp³-hybridized carbons (Fsp3) is 0.391. The lowest BCUT2D eigenvalue weighted by Gasteiger charge is -2.30. The van der Waals surface area contributed by atoms with Crippen molar-refractivity contribution in [3.63, 3.8) is 0 Å². The number of hydrogen-bond donors (Lipinski definition) is 1. The minimum Gasteiger partial charge on any atom is -0.481 e. The molecule has 0 aliphatic rings. The molecule has 0 saturated carbocycles. The molecule has 1 unspecified atom stereocenters. The van der Waals surface area contributed by atoms with Gasteiger partial charge in [-0.1, -0.05) is 44.5 Å². The Kier molecular flexibility index (Phi) is 9.25. The van der Waals surface area contributed by atoms with Crippen molar-refractivity contribution in [3.8, 4) is 5.75 Å². The summed E-state index contributed by atoms with van der Waals surface area (Å²) in [6.07, 6.45) is 2.17. The van der Waals surface area contributed by atoms with Gasteiger partial charge in [0, 0.05) is 13.1 Å². The fourth-order valence-electron chi connectivity index (χ4n) is 3.00. The first-order chi connectivity index (χ1) is 14.5. The van der Waals surface area contributed by atoms with Crippen LogP contribution in [0.2, 0.25) is 0 Å². The Labute approximate surface area is 176 Å². The van der Waals surface area contributed by atoms with E-state index in [1.165, 1.54) is 35.2 Å². The highest BCUT2D eigenvalue weighted by Gasteiger charge is 2.29. The largest absolute Gasteiger partial charge is 0.481 e. The van der Waals surface area contributed by atoms with Crippen molar-refractivity contribution >= 4 is 11.8 Å². The average molecular weight is 418 g/mol. The summed E-state index contributed by atoms with van der Waals surface area (Å²) in [5, 5.41) is 2.85. The zero-order valence-electron chi connectivity index (χ0n) is 17.4. The van der Waals surface area contributed by atoms with Crippen molar-refractivity contribution in [1.29, 1.82) is 0 Å². The molecule has 2 aromatic rings. The molecule has 7 heteroatoms. The molecule has 5 nitrogen and oxygen atoms in total. The quantitative estimate of drug-likeness (QED) is 0.560. The van der Waals surface area contributed by atoms with Crippen molar-refractivity contribution in [1.82, 2.24) is 10.2 Å². The Balaban J connectivity index is 2.17. The molecule has 1 N–H and O–H groups in total. The molecule has 1 atom stereocenters. The SMILES string of the molecule is CCCCNC(=O)C(CC)N(Cc1ccc(F)cc1)C(=O)COc1ccccc1F. The van der Waals surface area contributed by atoms with Crippen LogP contribution in [0.15, 0.2) is 48.5 Å². The molecule has 0 saturated heterocycles. The summed E-state index contributed by atoms with van der Waals surface area (Å²) in [5.41, 5.74) is 0.676. The van der Waals surface area contributed by atoms with Crippen LogP contribution in [0.5, 0.6) is 5.75 Å². The summed E-state index contributed by atoms with van der Waals surface area (Å²) in [5.74, 6) is -1.70. The van der Waals surface area contributed by atoms with Gasteiger partial charge in [-0.3, -0.25) is 9.59 Å². The second kappa shape index (κ2) is 11.9. The van der Waals surface area contributed by atoms with Crippen molar-refractivity contribution < 1.29 is 23.1 Å². The van der Waals surface area contributed by atoms with E-state index in [2.05, 4.69) is 5.32 Å². The van der Waals surface area contributed by atoms with Gasteiger partial charge >= 0.3 is 0 Å². The average Bonchev–Trinajstić information content (AvgIpc) is 2.74. The minimum absolute atomic E-state index is 0.0342. The van der Waals surface area contributed by atoms with Gasteiger partial charge in [0.25, 0.3) is 5.91 Å². The number of benzene rings is 2. The van der Waals surface area contributed by atoms with E-state index in [0.717, 1.165) is 12.8 Å². The molecule has 0 radical (unpaired) electrons. The van der Waals surface area contributed by atoms with Gasteiger partial charge in [-0.05, 0) is 42.7 Å². The minimum atomic E-state index is -0.719. The van der Waals surface area contributed by atoms with Crippen LogP contribution in [0, 0.1) is 11.6 Å². The van der Waals surface area contributed by atoms with Crippen LogP contribution in [-0.4, -0.2) is 35.9 Å². The highest BCUT2D eigenvalue weighted by molar-refractivity contribution is 5.88. The van der Waals surface area contributed by atoms with E-state index < -0.39 is 24.4 Å². The summed E-state index contributed by atoms with van der Waals surface area (Å²) in [6, 6.07) is 10.8. The zero-order chi connectivity index (χ0) is 21.9. The molecule has 2 aromatic carbocycles. The van der Waals surface area contributed by atoms with Gasteiger partial charge in [0.1, 0.15) is 11.9 Å². The van der Waals surface area contributed by atoms with Crippen LogP contribution in [0.4, 0.5) is 8.78 Å². The Morgan fingerprint density at radius 2 is 1.77 bits per heavy atom. The standard InChI is InChI=1S/C23H28F2N2O3/c1-3-5-14-26-23(29)20(4-2)27(15-17-10-12-18(24)13-11-17)22(28)16-30-21-9-7-6-8-19(21)25/h6-13,20H,3-5,14-16H2,1-2H3,(H,26,29). The van der Waals surface area contributed by atoms with E-state index in [9.17, 15) is 18.4 Å². The number of rotatable bonds is 11. The third-order valence-corrected chi connectivity index (χ3v) is 4.67. The number of carbonyl (C=O) groups is 2. The lowest BCUT2D eigenvalue weighted by atomic mass is 10.1. The molecule has 0 spiro atoms. The molecular formula is C23H28F2N2O3.